The second-order valence-corrected chi connectivity index (χ2v) is 7.96. The van der Waals surface area contributed by atoms with Gasteiger partial charge in [0.25, 0.3) is 0 Å². The molecule has 0 radical (unpaired) electrons. The largest absolute Gasteiger partial charge is 0.497 e. The Kier molecular flexibility index (Phi) is 6.39. The van der Waals surface area contributed by atoms with Gasteiger partial charge < -0.3 is 9.64 Å². The lowest BCUT2D eigenvalue weighted by Gasteiger charge is -2.32. The average molecular weight is 365 g/mol. The Morgan fingerprint density at radius 1 is 1.32 bits per heavy atom. The lowest BCUT2D eigenvalue weighted by molar-refractivity contribution is -0.135. The number of carbonyl (C=O) groups is 1. The first-order valence-electron chi connectivity index (χ1n) is 8.16. The first kappa shape index (κ1) is 19.2. The van der Waals surface area contributed by atoms with E-state index < -0.39 is 10.0 Å². The lowest BCUT2D eigenvalue weighted by atomic mass is 9.96. The van der Waals surface area contributed by atoms with Gasteiger partial charge in [-0.2, -0.15) is 9.57 Å². The summed E-state index contributed by atoms with van der Waals surface area (Å²) in [6, 6.07) is 8.31. The molecule has 0 atom stereocenters. The zero-order chi connectivity index (χ0) is 18.4. The molecule has 0 aromatic heterocycles. The topological polar surface area (TPSA) is 90.7 Å². The Balaban J connectivity index is 1.98. The minimum Gasteiger partial charge on any atom is -0.497 e. The molecule has 1 aromatic rings. The monoisotopic (exact) mass is 365 g/mol. The van der Waals surface area contributed by atoms with Gasteiger partial charge in [0, 0.05) is 32.6 Å². The molecule has 1 fully saturated rings. The molecule has 1 aliphatic rings. The van der Waals surface area contributed by atoms with Crippen LogP contribution in [0.3, 0.4) is 0 Å². The summed E-state index contributed by atoms with van der Waals surface area (Å²) in [7, 11) is -0.353. The normalized spacial score (nSPS) is 16.2. The molecule has 1 amide bonds. The first-order valence-corrected chi connectivity index (χ1v) is 9.60. The summed E-state index contributed by atoms with van der Waals surface area (Å²) < 4.78 is 31.9. The molecule has 0 aliphatic carbocycles. The van der Waals surface area contributed by atoms with Crippen LogP contribution in [0.4, 0.5) is 0 Å². The van der Waals surface area contributed by atoms with Gasteiger partial charge in [0.2, 0.25) is 15.9 Å². The molecule has 8 heteroatoms. The maximum absolute atomic E-state index is 12.7. The number of sulfonamides is 1. The number of ether oxygens (including phenoxy) is 1. The summed E-state index contributed by atoms with van der Waals surface area (Å²) in [6.45, 7) is 1.04. The summed E-state index contributed by atoms with van der Waals surface area (Å²) in [5.41, 5.74) is 0. The van der Waals surface area contributed by atoms with Crippen molar-refractivity contribution in [2.45, 2.75) is 24.2 Å². The third kappa shape index (κ3) is 4.50. The maximum Gasteiger partial charge on any atom is 0.243 e. The van der Waals surface area contributed by atoms with Gasteiger partial charge in [0.1, 0.15) is 5.75 Å². The Labute approximate surface area is 148 Å². The standard InChI is InChI=1S/C17H23N3O4S/c1-19(11-3-10-18)17(21)14-8-12-20(13-9-14)25(22,23)16-6-4-15(24-2)5-7-16/h4-7,14H,3,8-9,11-13H2,1-2H3. The molecule has 7 nitrogen and oxygen atoms in total. The number of nitrogens with zero attached hydrogens (tertiary/aromatic N) is 3. The number of rotatable bonds is 6. The van der Waals surface area contributed by atoms with Gasteiger partial charge in [-0.1, -0.05) is 0 Å². The van der Waals surface area contributed by atoms with Crippen molar-refractivity contribution in [1.29, 1.82) is 5.26 Å². The molecule has 0 spiro atoms. The van der Waals surface area contributed by atoms with E-state index in [1.165, 1.54) is 23.5 Å². The van der Waals surface area contributed by atoms with Crippen LogP contribution in [0.5, 0.6) is 5.75 Å². The molecule has 1 heterocycles. The van der Waals surface area contributed by atoms with Crippen LogP contribution in [0.25, 0.3) is 0 Å². The molecule has 2 rings (SSSR count). The molecule has 1 aliphatic heterocycles. The Morgan fingerprint density at radius 2 is 1.92 bits per heavy atom. The maximum atomic E-state index is 12.7. The fourth-order valence-corrected chi connectivity index (χ4v) is 4.35. The molecule has 0 saturated carbocycles. The second-order valence-electron chi connectivity index (χ2n) is 6.02. The van der Waals surface area contributed by atoms with Gasteiger partial charge in [-0.15, -0.1) is 0 Å². The van der Waals surface area contributed by atoms with Crippen molar-refractivity contribution in [1.82, 2.24) is 9.21 Å². The van der Waals surface area contributed by atoms with Gasteiger partial charge in [0.15, 0.2) is 0 Å². The summed E-state index contributed by atoms with van der Waals surface area (Å²) >= 11 is 0. The fourth-order valence-electron chi connectivity index (χ4n) is 2.88. The summed E-state index contributed by atoms with van der Waals surface area (Å²) in [5, 5.41) is 8.60. The van der Waals surface area contributed by atoms with Crippen molar-refractivity contribution in [2.24, 2.45) is 5.92 Å². The molecular weight excluding hydrogens is 342 g/mol. The van der Waals surface area contributed by atoms with Gasteiger partial charge >= 0.3 is 0 Å². The van der Waals surface area contributed by atoms with E-state index in [-0.39, 0.29) is 16.7 Å². The van der Waals surface area contributed by atoms with Crippen LogP contribution in [0.1, 0.15) is 19.3 Å². The second kappa shape index (κ2) is 8.32. The molecular formula is C17H23N3O4S. The Morgan fingerprint density at radius 3 is 2.44 bits per heavy atom. The van der Waals surface area contributed by atoms with Crippen molar-refractivity contribution < 1.29 is 17.9 Å². The van der Waals surface area contributed by atoms with E-state index in [1.54, 1.807) is 24.1 Å². The summed E-state index contributed by atoms with van der Waals surface area (Å²) in [6.07, 6.45) is 1.28. The van der Waals surface area contributed by atoms with Crippen LogP contribution in [0, 0.1) is 17.2 Å². The SMILES string of the molecule is COc1ccc(S(=O)(=O)N2CCC(C(=O)N(C)CCC#N)CC2)cc1. The van der Waals surface area contributed by atoms with E-state index in [9.17, 15) is 13.2 Å². The van der Waals surface area contributed by atoms with Crippen LogP contribution in [-0.2, 0) is 14.8 Å². The number of hydrogen-bond acceptors (Lipinski definition) is 5. The predicted molar refractivity (Wildman–Crippen MR) is 92.3 cm³/mol. The van der Waals surface area contributed by atoms with Crippen LogP contribution >= 0.6 is 0 Å². The highest BCUT2D eigenvalue weighted by atomic mass is 32.2. The van der Waals surface area contributed by atoms with Gasteiger partial charge in [-0.25, -0.2) is 8.42 Å². The Bertz CT molecular complexity index is 732. The van der Waals surface area contributed by atoms with Crippen LogP contribution < -0.4 is 4.74 Å². The third-order valence-corrected chi connectivity index (χ3v) is 6.35. The number of carbonyl (C=O) groups excluding carboxylic acids is 1. The van der Waals surface area contributed by atoms with Crippen molar-refractivity contribution >= 4 is 15.9 Å². The van der Waals surface area contributed by atoms with E-state index >= 15 is 0 Å². The van der Waals surface area contributed by atoms with Gasteiger partial charge in [-0.05, 0) is 37.1 Å². The quantitative estimate of drug-likeness (QED) is 0.761. The third-order valence-electron chi connectivity index (χ3n) is 4.44. The van der Waals surface area contributed by atoms with Crippen LogP contribution in [-0.4, -0.2) is 57.3 Å². The van der Waals surface area contributed by atoms with Gasteiger partial charge in [-0.3, -0.25) is 4.79 Å². The molecule has 0 unspecified atom stereocenters. The van der Waals surface area contributed by atoms with Gasteiger partial charge in [0.05, 0.1) is 24.5 Å². The highest BCUT2D eigenvalue weighted by Gasteiger charge is 2.33. The lowest BCUT2D eigenvalue weighted by Crippen LogP contribution is -2.43. The molecule has 1 aromatic carbocycles. The van der Waals surface area contributed by atoms with E-state index in [0.717, 1.165) is 0 Å². The summed E-state index contributed by atoms with van der Waals surface area (Å²) in [4.78, 5) is 14.1. The van der Waals surface area contributed by atoms with Crippen molar-refractivity contribution in [3.63, 3.8) is 0 Å². The van der Waals surface area contributed by atoms with Crippen LogP contribution in [0.2, 0.25) is 0 Å². The van der Waals surface area contributed by atoms with E-state index in [0.29, 0.717) is 44.6 Å². The number of methoxy groups -OCH3 is 1. The smallest absolute Gasteiger partial charge is 0.243 e. The van der Waals surface area contributed by atoms with Crippen molar-refractivity contribution in [3.05, 3.63) is 24.3 Å². The Hall–Kier alpha value is -2.11. The molecule has 0 N–H and O–H groups in total. The molecule has 25 heavy (non-hydrogen) atoms. The molecule has 1 saturated heterocycles. The van der Waals surface area contributed by atoms with Crippen molar-refractivity contribution in [2.75, 3.05) is 33.8 Å². The average Bonchev–Trinajstić information content (AvgIpc) is 2.65. The first-order chi connectivity index (χ1) is 11.9. The molecule has 0 bridgehead atoms. The predicted octanol–water partition coefficient (Wildman–Crippen LogP) is 1.47. The molecule has 136 valence electrons. The number of amides is 1. The zero-order valence-electron chi connectivity index (χ0n) is 14.5. The van der Waals surface area contributed by atoms with Crippen molar-refractivity contribution in [3.8, 4) is 11.8 Å². The van der Waals surface area contributed by atoms with Crippen LogP contribution in [0.15, 0.2) is 29.2 Å². The van der Waals surface area contributed by atoms with E-state index in [4.69, 9.17) is 10.00 Å². The van der Waals surface area contributed by atoms with E-state index in [1.807, 2.05) is 6.07 Å². The highest BCUT2D eigenvalue weighted by molar-refractivity contribution is 7.89. The number of piperidine rings is 1. The minimum absolute atomic E-state index is 0.0169. The zero-order valence-corrected chi connectivity index (χ0v) is 15.3. The minimum atomic E-state index is -3.56. The fraction of sp³-hybridized carbons (Fsp3) is 0.529. The number of benzene rings is 1. The number of nitriles is 1. The summed E-state index contributed by atoms with van der Waals surface area (Å²) in [5.74, 6) is 0.395. The number of hydrogen-bond donors (Lipinski definition) is 0. The van der Waals surface area contributed by atoms with E-state index in [2.05, 4.69) is 0 Å². The highest BCUT2D eigenvalue weighted by Crippen LogP contribution is 2.26.